The average Bonchev–Trinajstić information content (AvgIpc) is 2.62. The van der Waals surface area contributed by atoms with Gasteiger partial charge in [0.05, 0.1) is 6.04 Å². The molecule has 4 rings (SSSR count). The van der Waals surface area contributed by atoms with Gasteiger partial charge in [-0.2, -0.15) is 0 Å². The van der Waals surface area contributed by atoms with Gasteiger partial charge in [-0.1, -0.05) is 31.7 Å². The summed E-state index contributed by atoms with van der Waals surface area (Å²) in [6, 6.07) is 6.18. The lowest BCUT2D eigenvalue weighted by Gasteiger charge is -2.37. The fourth-order valence-corrected chi connectivity index (χ4v) is 5.00. The summed E-state index contributed by atoms with van der Waals surface area (Å²) >= 11 is 0. The summed E-state index contributed by atoms with van der Waals surface area (Å²) in [5.74, 6) is 0.759. The Hall–Kier alpha value is -1.71. The van der Waals surface area contributed by atoms with Gasteiger partial charge >= 0.3 is 0 Å². The SMILES string of the molecule is O=C1C2CCCC1CC(C(=O)n1ccccc1=NC1CCCCC1)C2. The second kappa shape index (κ2) is 7.27. The topological polar surface area (TPSA) is 51.4 Å². The Morgan fingerprint density at radius 1 is 0.960 bits per heavy atom. The molecule has 25 heavy (non-hydrogen) atoms. The van der Waals surface area contributed by atoms with E-state index in [1.165, 1.54) is 19.3 Å². The van der Waals surface area contributed by atoms with E-state index < -0.39 is 0 Å². The van der Waals surface area contributed by atoms with Gasteiger partial charge < -0.3 is 0 Å². The minimum Gasteiger partial charge on any atom is -0.299 e. The van der Waals surface area contributed by atoms with E-state index in [4.69, 9.17) is 4.99 Å². The number of hydrogen-bond donors (Lipinski definition) is 0. The van der Waals surface area contributed by atoms with Crippen LogP contribution in [0.3, 0.4) is 0 Å². The lowest BCUT2D eigenvalue weighted by atomic mass is 9.67. The molecule has 3 saturated carbocycles. The third-order valence-corrected chi connectivity index (χ3v) is 6.36. The molecule has 0 amide bonds. The van der Waals surface area contributed by atoms with Crippen LogP contribution in [0.4, 0.5) is 0 Å². The lowest BCUT2D eigenvalue weighted by molar-refractivity contribution is -0.132. The molecule has 3 aliphatic rings. The molecule has 0 spiro atoms. The smallest absolute Gasteiger partial charge is 0.235 e. The highest BCUT2D eigenvalue weighted by Gasteiger charge is 2.41. The molecule has 0 radical (unpaired) electrons. The van der Waals surface area contributed by atoms with Gasteiger partial charge in [0.25, 0.3) is 0 Å². The summed E-state index contributed by atoms with van der Waals surface area (Å²) in [5.41, 5.74) is 0.793. The number of pyridine rings is 1. The molecule has 2 unspecified atom stereocenters. The van der Waals surface area contributed by atoms with Crippen LogP contribution in [0.15, 0.2) is 29.4 Å². The van der Waals surface area contributed by atoms with E-state index in [-0.39, 0.29) is 23.7 Å². The Morgan fingerprint density at radius 3 is 2.40 bits per heavy atom. The maximum Gasteiger partial charge on any atom is 0.235 e. The molecule has 1 aromatic rings. The van der Waals surface area contributed by atoms with E-state index in [2.05, 4.69) is 0 Å². The van der Waals surface area contributed by atoms with Gasteiger partial charge in [0.15, 0.2) is 0 Å². The van der Waals surface area contributed by atoms with E-state index in [0.717, 1.165) is 50.4 Å². The van der Waals surface area contributed by atoms with E-state index >= 15 is 0 Å². The van der Waals surface area contributed by atoms with Crippen LogP contribution in [0, 0.1) is 17.8 Å². The number of ketones is 1. The van der Waals surface area contributed by atoms with E-state index in [0.29, 0.717) is 11.8 Å². The zero-order chi connectivity index (χ0) is 17.2. The Morgan fingerprint density at radius 2 is 1.68 bits per heavy atom. The van der Waals surface area contributed by atoms with Crippen LogP contribution < -0.4 is 5.49 Å². The maximum absolute atomic E-state index is 13.2. The predicted octanol–water partition coefficient (Wildman–Crippen LogP) is 3.76. The summed E-state index contributed by atoms with van der Waals surface area (Å²) in [4.78, 5) is 30.4. The highest BCUT2D eigenvalue weighted by molar-refractivity contribution is 5.89. The van der Waals surface area contributed by atoms with Crippen molar-refractivity contribution < 1.29 is 9.59 Å². The van der Waals surface area contributed by atoms with Crippen molar-refractivity contribution in [3.05, 3.63) is 29.9 Å². The molecule has 1 heterocycles. The van der Waals surface area contributed by atoms with Gasteiger partial charge in [-0.05, 0) is 50.7 Å². The highest BCUT2D eigenvalue weighted by Crippen LogP contribution is 2.40. The molecule has 4 heteroatoms. The van der Waals surface area contributed by atoms with Gasteiger partial charge in [-0.15, -0.1) is 0 Å². The van der Waals surface area contributed by atoms with Crippen molar-refractivity contribution in [1.82, 2.24) is 4.57 Å². The summed E-state index contributed by atoms with van der Waals surface area (Å²) in [6.07, 6.45) is 12.5. The van der Waals surface area contributed by atoms with Crippen LogP contribution in [-0.4, -0.2) is 22.3 Å². The minimum atomic E-state index is -0.0271. The molecule has 1 aromatic heterocycles. The first-order valence-corrected chi connectivity index (χ1v) is 10.0. The van der Waals surface area contributed by atoms with Crippen LogP contribution in [0.1, 0.15) is 69.0 Å². The van der Waals surface area contributed by atoms with Gasteiger partial charge in [0.2, 0.25) is 5.91 Å². The van der Waals surface area contributed by atoms with Crippen molar-refractivity contribution >= 4 is 11.7 Å². The van der Waals surface area contributed by atoms with Gasteiger partial charge in [0, 0.05) is 24.0 Å². The van der Waals surface area contributed by atoms with Crippen molar-refractivity contribution in [1.29, 1.82) is 0 Å². The van der Waals surface area contributed by atoms with E-state index in [1.807, 2.05) is 24.4 Å². The number of nitrogens with zero attached hydrogens (tertiary/aromatic N) is 2. The molecule has 2 atom stereocenters. The Bertz CT molecular complexity index is 699. The molecule has 4 nitrogen and oxygen atoms in total. The number of carbonyl (C=O) groups excluding carboxylic acids is 2. The molecule has 134 valence electrons. The molecule has 3 fully saturated rings. The Balaban J connectivity index is 1.58. The predicted molar refractivity (Wildman–Crippen MR) is 96.1 cm³/mol. The Kier molecular flexibility index (Phi) is 4.87. The molecule has 0 aromatic carbocycles. The summed E-state index contributed by atoms with van der Waals surface area (Å²) in [6.45, 7) is 0. The molecule has 2 bridgehead atoms. The zero-order valence-corrected chi connectivity index (χ0v) is 14.9. The van der Waals surface area contributed by atoms with Crippen LogP contribution in [-0.2, 0) is 4.79 Å². The highest BCUT2D eigenvalue weighted by atomic mass is 16.2. The average molecular weight is 340 g/mol. The zero-order valence-electron chi connectivity index (χ0n) is 14.9. The summed E-state index contributed by atoms with van der Waals surface area (Å²) in [7, 11) is 0. The van der Waals surface area contributed by atoms with Gasteiger partial charge in [0.1, 0.15) is 11.3 Å². The second-order valence-corrected chi connectivity index (χ2v) is 8.08. The second-order valence-electron chi connectivity index (χ2n) is 8.08. The fourth-order valence-electron chi connectivity index (χ4n) is 5.00. The molecule has 3 aliphatic carbocycles. The first-order chi connectivity index (χ1) is 12.2. The monoisotopic (exact) mass is 340 g/mol. The van der Waals surface area contributed by atoms with Crippen molar-refractivity contribution in [2.24, 2.45) is 22.7 Å². The first kappa shape index (κ1) is 16.7. The van der Waals surface area contributed by atoms with Crippen molar-refractivity contribution in [2.75, 3.05) is 0 Å². The van der Waals surface area contributed by atoms with Crippen molar-refractivity contribution in [2.45, 2.75) is 70.3 Å². The number of fused-ring (bicyclic) bond motifs is 2. The maximum atomic E-state index is 13.2. The molecular formula is C21H28N2O2. The van der Waals surface area contributed by atoms with Gasteiger partial charge in [-0.25, -0.2) is 0 Å². The van der Waals surface area contributed by atoms with Crippen LogP contribution in [0.2, 0.25) is 0 Å². The third kappa shape index (κ3) is 3.49. The normalized spacial score (nSPS) is 31.1. The Labute approximate surface area is 149 Å². The van der Waals surface area contributed by atoms with E-state index in [9.17, 15) is 9.59 Å². The quantitative estimate of drug-likeness (QED) is 0.823. The van der Waals surface area contributed by atoms with Crippen molar-refractivity contribution in [3.8, 4) is 0 Å². The first-order valence-electron chi connectivity index (χ1n) is 10.0. The van der Waals surface area contributed by atoms with Crippen LogP contribution in [0.25, 0.3) is 0 Å². The number of rotatable bonds is 2. The summed E-state index contributed by atoms with van der Waals surface area (Å²) in [5, 5.41) is 0. The van der Waals surface area contributed by atoms with Gasteiger partial charge in [-0.3, -0.25) is 19.1 Å². The number of carbonyl (C=O) groups is 2. The number of Topliss-reactive ketones (excluding diaryl/α,β-unsaturated/α-hetero) is 1. The fraction of sp³-hybridized carbons (Fsp3) is 0.667. The number of hydrogen-bond acceptors (Lipinski definition) is 3. The molecule has 0 aliphatic heterocycles. The largest absolute Gasteiger partial charge is 0.299 e. The minimum absolute atomic E-state index is 0.0271. The summed E-state index contributed by atoms with van der Waals surface area (Å²) < 4.78 is 1.75. The number of aromatic nitrogens is 1. The van der Waals surface area contributed by atoms with E-state index in [1.54, 1.807) is 4.57 Å². The molecule has 0 N–H and O–H groups in total. The van der Waals surface area contributed by atoms with Crippen LogP contribution >= 0.6 is 0 Å². The molecule has 0 saturated heterocycles. The standard InChI is InChI=1S/C21H28N2O2/c24-20-15-7-6-8-16(20)14-17(13-15)21(25)23-12-5-4-11-19(23)22-18-9-2-1-3-10-18/h4-5,11-12,15-18H,1-3,6-10,13-14H2. The molecular weight excluding hydrogens is 312 g/mol. The van der Waals surface area contributed by atoms with Crippen molar-refractivity contribution in [3.63, 3.8) is 0 Å². The van der Waals surface area contributed by atoms with Crippen LogP contribution in [0.5, 0.6) is 0 Å². The third-order valence-electron chi connectivity index (χ3n) is 6.36. The lowest BCUT2D eigenvalue weighted by Crippen LogP contribution is -2.42.